The van der Waals surface area contributed by atoms with Gasteiger partial charge in [-0.1, -0.05) is 17.8 Å². The number of carbonyl (C=O) groups is 1. The van der Waals surface area contributed by atoms with Crippen LogP contribution in [0.5, 0.6) is 0 Å². The fourth-order valence-electron chi connectivity index (χ4n) is 1.81. The van der Waals surface area contributed by atoms with E-state index in [1.165, 1.54) is 36.0 Å². The van der Waals surface area contributed by atoms with E-state index >= 15 is 0 Å². The quantitative estimate of drug-likeness (QED) is 0.688. The van der Waals surface area contributed by atoms with Crippen molar-refractivity contribution in [1.29, 1.82) is 0 Å². The summed E-state index contributed by atoms with van der Waals surface area (Å²) in [6.07, 6.45) is 0. The number of halogens is 1. The summed E-state index contributed by atoms with van der Waals surface area (Å²) in [5, 5.41) is 11.8. The lowest BCUT2D eigenvalue weighted by Crippen LogP contribution is -2.22. The van der Waals surface area contributed by atoms with Crippen molar-refractivity contribution in [2.75, 3.05) is 5.32 Å². The number of nitrogens with one attached hydrogen (secondary N) is 2. The van der Waals surface area contributed by atoms with Crippen molar-refractivity contribution in [1.82, 2.24) is 15.2 Å². The lowest BCUT2D eigenvalue weighted by atomic mass is 10.3. The van der Waals surface area contributed by atoms with Crippen LogP contribution in [0.25, 0.3) is 10.7 Å². The van der Waals surface area contributed by atoms with E-state index in [0.717, 1.165) is 4.88 Å². The topological polar surface area (TPSA) is 70.7 Å². The summed E-state index contributed by atoms with van der Waals surface area (Å²) < 4.78 is 12.9. The highest BCUT2D eigenvalue weighted by Gasteiger charge is 2.17. The van der Waals surface area contributed by atoms with Gasteiger partial charge in [0, 0.05) is 5.69 Å². The van der Waals surface area contributed by atoms with E-state index in [1.807, 2.05) is 17.5 Å². The number of rotatable bonds is 5. The predicted octanol–water partition coefficient (Wildman–Crippen LogP) is 3.79. The van der Waals surface area contributed by atoms with Crippen LogP contribution in [0.4, 0.5) is 10.1 Å². The van der Waals surface area contributed by atoms with Crippen LogP contribution in [-0.4, -0.2) is 26.3 Å². The van der Waals surface area contributed by atoms with Crippen molar-refractivity contribution in [2.24, 2.45) is 0 Å². The van der Waals surface area contributed by atoms with Crippen molar-refractivity contribution < 1.29 is 9.18 Å². The molecule has 0 saturated carbocycles. The molecule has 3 aromatic rings. The minimum Gasteiger partial charge on any atom is -0.325 e. The fraction of sp³-hybridized carbons (Fsp3) is 0.133. The van der Waals surface area contributed by atoms with Gasteiger partial charge in [0.25, 0.3) is 0 Å². The molecule has 118 valence electrons. The molecule has 1 amide bonds. The van der Waals surface area contributed by atoms with Crippen molar-refractivity contribution >= 4 is 34.7 Å². The summed E-state index contributed by atoms with van der Waals surface area (Å²) in [5.41, 5.74) is 0.554. The van der Waals surface area contributed by atoms with Crippen LogP contribution in [0.1, 0.15) is 6.92 Å². The van der Waals surface area contributed by atoms with E-state index in [0.29, 0.717) is 16.7 Å². The molecule has 0 radical (unpaired) electrons. The van der Waals surface area contributed by atoms with Crippen LogP contribution in [0.15, 0.2) is 46.9 Å². The Morgan fingerprint density at radius 3 is 2.83 bits per heavy atom. The third-order valence-electron chi connectivity index (χ3n) is 2.98. The lowest BCUT2D eigenvalue weighted by molar-refractivity contribution is -0.115. The summed E-state index contributed by atoms with van der Waals surface area (Å²) in [6.45, 7) is 1.77. The van der Waals surface area contributed by atoms with Gasteiger partial charge in [-0.25, -0.2) is 9.37 Å². The van der Waals surface area contributed by atoms with Gasteiger partial charge in [-0.15, -0.1) is 16.4 Å². The van der Waals surface area contributed by atoms with E-state index in [2.05, 4.69) is 20.5 Å². The number of aromatic nitrogens is 3. The molecule has 8 heteroatoms. The number of anilines is 1. The standard InChI is InChI=1S/C15H13FN4OS2/c1-9(14(21)17-11-6-4-10(16)5-7-11)23-15-18-13(19-20-15)12-3-2-8-22-12/h2-9H,1H3,(H,17,21)(H,18,19,20). The Kier molecular flexibility index (Phi) is 4.73. The minimum atomic E-state index is -0.382. The highest BCUT2D eigenvalue weighted by Crippen LogP contribution is 2.25. The van der Waals surface area contributed by atoms with E-state index < -0.39 is 0 Å². The smallest absolute Gasteiger partial charge is 0.237 e. The van der Waals surface area contributed by atoms with Crippen LogP contribution in [0, 0.1) is 5.82 Å². The van der Waals surface area contributed by atoms with Crippen molar-refractivity contribution in [3.63, 3.8) is 0 Å². The molecular formula is C15H13FN4OS2. The third-order valence-corrected chi connectivity index (χ3v) is 4.82. The van der Waals surface area contributed by atoms with E-state index in [9.17, 15) is 9.18 Å². The lowest BCUT2D eigenvalue weighted by Gasteiger charge is -2.09. The minimum absolute atomic E-state index is 0.191. The summed E-state index contributed by atoms with van der Waals surface area (Å²) >= 11 is 2.82. The first-order chi connectivity index (χ1) is 11.1. The zero-order valence-corrected chi connectivity index (χ0v) is 13.7. The Bertz CT molecular complexity index is 786. The van der Waals surface area contributed by atoms with Gasteiger partial charge in [-0.05, 0) is 42.6 Å². The maximum Gasteiger partial charge on any atom is 0.237 e. The Morgan fingerprint density at radius 2 is 2.13 bits per heavy atom. The molecule has 1 aromatic carbocycles. The van der Waals surface area contributed by atoms with Crippen molar-refractivity contribution in [3.8, 4) is 10.7 Å². The molecule has 1 atom stereocenters. The fourth-order valence-corrected chi connectivity index (χ4v) is 3.20. The molecule has 0 fully saturated rings. The Hall–Kier alpha value is -2.19. The molecule has 2 N–H and O–H groups in total. The number of benzene rings is 1. The van der Waals surface area contributed by atoms with Crippen LogP contribution in [0.2, 0.25) is 0 Å². The average molecular weight is 348 g/mol. The molecule has 0 aliphatic heterocycles. The van der Waals surface area contributed by atoms with Crippen molar-refractivity contribution in [2.45, 2.75) is 17.3 Å². The normalized spacial score (nSPS) is 12.1. The zero-order valence-electron chi connectivity index (χ0n) is 12.1. The number of hydrogen-bond acceptors (Lipinski definition) is 5. The number of thiophene rings is 1. The number of carbonyl (C=O) groups excluding carboxylic acids is 1. The molecule has 0 bridgehead atoms. The first kappa shape index (κ1) is 15.7. The Balaban J connectivity index is 1.61. The first-order valence-corrected chi connectivity index (χ1v) is 8.57. The second-order valence-corrected chi connectivity index (χ2v) is 6.96. The number of nitrogens with zero attached hydrogens (tertiary/aromatic N) is 2. The highest BCUT2D eigenvalue weighted by atomic mass is 32.2. The second-order valence-electron chi connectivity index (χ2n) is 4.70. The third kappa shape index (κ3) is 3.96. The Labute approximate surface area is 140 Å². The van der Waals surface area contributed by atoms with E-state index in [1.54, 1.807) is 18.3 Å². The van der Waals surface area contributed by atoms with E-state index in [-0.39, 0.29) is 17.0 Å². The van der Waals surface area contributed by atoms with Gasteiger partial charge in [0.15, 0.2) is 5.82 Å². The maximum absolute atomic E-state index is 12.9. The molecule has 0 spiro atoms. The van der Waals surface area contributed by atoms with Gasteiger partial charge in [-0.2, -0.15) is 0 Å². The molecule has 2 aromatic heterocycles. The summed E-state index contributed by atoms with van der Waals surface area (Å²) in [5.74, 6) is 0.157. The first-order valence-electron chi connectivity index (χ1n) is 6.81. The number of aromatic amines is 1. The summed E-state index contributed by atoms with van der Waals surface area (Å²) in [4.78, 5) is 17.5. The monoisotopic (exact) mass is 348 g/mol. The molecule has 2 heterocycles. The maximum atomic E-state index is 12.9. The predicted molar refractivity (Wildman–Crippen MR) is 90.0 cm³/mol. The van der Waals surface area contributed by atoms with Crippen LogP contribution in [-0.2, 0) is 4.79 Å². The highest BCUT2D eigenvalue weighted by molar-refractivity contribution is 8.00. The van der Waals surface area contributed by atoms with Crippen LogP contribution in [0.3, 0.4) is 0 Å². The largest absolute Gasteiger partial charge is 0.325 e. The average Bonchev–Trinajstić information content (AvgIpc) is 3.20. The molecule has 3 rings (SSSR count). The van der Waals surface area contributed by atoms with Gasteiger partial charge >= 0.3 is 0 Å². The van der Waals surface area contributed by atoms with Crippen LogP contribution < -0.4 is 5.32 Å². The van der Waals surface area contributed by atoms with Gasteiger partial charge in [0.2, 0.25) is 11.1 Å². The summed E-state index contributed by atoms with van der Waals surface area (Å²) in [7, 11) is 0. The molecule has 5 nitrogen and oxygen atoms in total. The van der Waals surface area contributed by atoms with Gasteiger partial charge in [-0.3, -0.25) is 9.89 Å². The molecule has 0 saturated heterocycles. The number of hydrogen-bond donors (Lipinski definition) is 2. The Morgan fingerprint density at radius 1 is 1.35 bits per heavy atom. The van der Waals surface area contributed by atoms with Gasteiger partial charge < -0.3 is 5.32 Å². The zero-order chi connectivity index (χ0) is 16.2. The summed E-state index contributed by atoms with van der Waals surface area (Å²) in [6, 6.07) is 9.53. The number of thioether (sulfide) groups is 1. The number of amides is 1. The molecule has 1 unspecified atom stereocenters. The van der Waals surface area contributed by atoms with Crippen molar-refractivity contribution in [3.05, 3.63) is 47.6 Å². The molecule has 23 heavy (non-hydrogen) atoms. The molecular weight excluding hydrogens is 335 g/mol. The van der Waals surface area contributed by atoms with E-state index in [4.69, 9.17) is 0 Å². The second kappa shape index (κ2) is 6.93. The molecule has 0 aliphatic carbocycles. The van der Waals surface area contributed by atoms with Gasteiger partial charge in [0.05, 0.1) is 10.1 Å². The van der Waals surface area contributed by atoms with Gasteiger partial charge in [0.1, 0.15) is 5.82 Å². The number of H-pyrrole nitrogens is 1. The molecule has 0 aliphatic rings. The van der Waals surface area contributed by atoms with Crippen LogP contribution >= 0.6 is 23.1 Å². The SMILES string of the molecule is CC(Sc1n[nH]c(-c2cccs2)n1)C(=O)Nc1ccc(F)cc1.